The Kier molecular flexibility index (Phi) is 2.09. The van der Waals surface area contributed by atoms with Crippen molar-refractivity contribution in [2.75, 3.05) is 27.2 Å². The molecule has 2 nitrogen and oxygen atoms in total. The molecule has 1 rings (SSSR count). The van der Waals surface area contributed by atoms with Crippen molar-refractivity contribution < 1.29 is 0 Å². The van der Waals surface area contributed by atoms with Gasteiger partial charge in [-0.15, -0.1) is 0 Å². The standard InChI is InChI=1S/C7H16N2/c1-7-4-5-9(6-7)8(2)3/h7H,4-6H2,1-3H3. The summed E-state index contributed by atoms with van der Waals surface area (Å²) >= 11 is 0. The first-order valence-corrected chi connectivity index (χ1v) is 3.62. The van der Waals surface area contributed by atoms with Gasteiger partial charge in [-0.1, -0.05) is 6.92 Å². The number of hydrogen-bond donors (Lipinski definition) is 0. The zero-order valence-corrected chi connectivity index (χ0v) is 6.59. The van der Waals surface area contributed by atoms with Gasteiger partial charge in [0.2, 0.25) is 0 Å². The van der Waals surface area contributed by atoms with Crippen LogP contribution < -0.4 is 0 Å². The SMILES string of the molecule is CC1CCN(N(C)C)C1. The molecule has 0 amide bonds. The largest absolute Gasteiger partial charge is 0.248 e. The molecule has 0 aromatic heterocycles. The highest BCUT2D eigenvalue weighted by atomic mass is 15.6. The third kappa shape index (κ3) is 1.66. The van der Waals surface area contributed by atoms with Crippen molar-refractivity contribution in [3.05, 3.63) is 0 Å². The Bertz CT molecular complexity index is 90.9. The van der Waals surface area contributed by atoms with Crippen LogP contribution in [0.3, 0.4) is 0 Å². The van der Waals surface area contributed by atoms with E-state index in [0.29, 0.717) is 0 Å². The summed E-state index contributed by atoms with van der Waals surface area (Å²) in [5, 5.41) is 4.56. The molecular formula is C7H16N2. The molecule has 54 valence electrons. The van der Waals surface area contributed by atoms with E-state index in [9.17, 15) is 0 Å². The van der Waals surface area contributed by atoms with E-state index in [0.717, 1.165) is 5.92 Å². The van der Waals surface area contributed by atoms with E-state index in [2.05, 4.69) is 31.0 Å². The lowest BCUT2D eigenvalue weighted by molar-refractivity contribution is 0.0500. The van der Waals surface area contributed by atoms with E-state index in [-0.39, 0.29) is 0 Å². The predicted molar refractivity (Wildman–Crippen MR) is 39.0 cm³/mol. The maximum atomic E-state index is 2.38. The van der Waals surface area contributed by atoms with E-state index < -0.39 is 0 Å². The van der Waals surface area contributed by atoms with Gasteiger partial charge in [0.25, 0.3) is 0 Å². The van der Waals surface area contributed by atoms with E-state index in [1.54, 1.807) is 0 Å². The fourth-order valence-electron chi connectivity index (χ4n) is 1.28. The molecule has 0 bridgehead atoms. The maximum Gasteiger partial charge on any atom is 0.0159 e. The molecule has 1 unspecified atom stereocenters. The van der Waals surface area contributed by atoms with Crippen LogP contribution in [0.2, 0.25) is 0 Å². The zero-order chi connectivity index (χ0) is 6.85. The van der Waals surface area contributed by atoms with Gasteiger partial charge >= 0.3 is 0 Å². The highest BCUT2D eigenvalue weighted by molar-refractivity contribution is 4.68. The summed E-state index contributed by atoms with van der Waals surface area (Å²) in [4.78, 5) is 0. The molecule has 1 aliphatic rings. The van der Waals surface area contributed by atoms with Crippen molar-refractivity contribution in [2.24, 2.45) is 5.92 Å². The summed E-state index contributed by atoms with van der Waals surface area (Å²) in [6.45, 7) is 4.80. The molecule has 0 N–H and O–H groups in total. The van der Waals surface area contributed by atoms with Crippen LogP contribution in [0.5, 0.6) is 0 Å². The van der Waals surface area contributed by atoms with Gasteiger partial charge in [0.15, 0.2) is 0 Å². The van der Waals surface area contributed by atoms with E-state index in [4.69, 9.17) is 0 Å². The van der Waals surface area contributed by atoms with Crippen LogP contribution in [-0.2, 0) is 0 Å². The van der Waals surface area contributed by atoms with Gasteiger partial charge in [-0.05, 0) is 12.3 Å². The highest BCUT2D eigenvalue weighted by Gasteiger charge is 2.19. The first kappa shape index (κ1) is 7.03. The van der Waals surface area contributed by atoms with Gasteiger partial charge in [-0.2, -0.15) is 0 Å². The van der Waals surface area contributed by atoms with Crippen molar-refractivity contribution in [1.82, 2.24) is 10.0 Å². The molecule has 0 spiro atoms. The van der Waals surface area contributed by atoms with E-state index in [1.165, 1.54) is 19.5 Å². The molecule has 1 heterocycles. The first-order chi connectivity index (χ1) is 4.20. The van der Waals surface area contributed by atoms with Gasteiger partial charge in [0, 0.05) is 27.2 Å². The van der Waals surface area contributed by atoms with E-state index >= 15 is 0 Å². The molecule has 0 saturated carbocycles. The van der Waals surface area contributed by atoms with Crippen LogP contribution in [-0.4, -0.2) is 37.2 Å². The molecule has 0 aromatic rings. The Balaban J connectivity index is 2.30. The molecule has 0 aromatic carbocycles. The minimum Gasteiger partial charge on any atom is -0.248 e. The molecule has 1 fully saturated rings. The van der Waals surface area contributed by atoms with Crippen molar-refractivity contribution in [3.8, 4) is 0 Å². The van der Waals surface area contributed by atoms with Gasteiger partial charge in [0.1, 0.15) is 0 Å². The van der Waals surface area contributed by atoms with Gasteiger partial charge in [-0.25, -0.2) is 10.0 Å². The highest BCUT2D eigenvalue weighted by Crippen LogP contribution is 2.14. The average molecular weight is 128 g/mol. The average Bonchev–Trinajstić information content (AvgIpc) is 2.14. The van der Waals surface area contributed by atoms with Crippen molar-refractivity contribution in [2.45, 2.75) is 13.3 Å². The number of hydrogen-bond acceptors (Lipinski definition) is 2. The summed E-state index contributed by atoms with van der Waals surface area (Å²) in [6, 6.07) is 0. The quantitative estimate of drug-likeness (QED) is 0.515. The molecule has 9 heavy (non-hydrogen) atoms. The van der Waals surface area contributed by atoms with Crippen molar-refractivity contribution in [1.29, 1.82) is 0 Å². The number of nitrogens with zero attached hydrogens (tertiary/aromatic N) is 2. The third-order valence-electron chi connectivity index (χ3n) is 1.97. The van der Waals surface area contributed by atoms with Gasteiger partial charge in [0.05, 0.1) is 0 Å². The molecule has 0 radical (unpaired) electrons. The molecule has 1 atom stereocenters. The Morgan fingerprint density at radius 2 is 2.11 bits per heavy atom. The molecule has 0 aliphatic carbocycles. The van der Waals surface area contributed by atoms with E-state index in [1.807, 2.05) is 0 Å². The van der Waals surface area contributed by atoms with Gasteiger partial charge < -0.3 is 0 Å². The van der Waals surface area contributed by atoms with Crippen molar-refractivity contribution >= 4 is 0 Å². The Hall–Kier alpha value is -0.0800. The monoisotopic (exact) mass is 128 g/mol. The lowest BCUT2D eigenvalue weighted by Crippen LogP contribution is -2.34. The summed E-state index contributed by atoms with van der Waals surface area (Å²) in [5.74, 6) is 0.896. The molecule has 2 heteroatoms. The first-order valence-electron chi connectivity index (χ1n) is 3.62. The summed E-state index contributed by atoms with van der Waals surface area (Å²) in [5.41, 5.74) is 0. The molecule has 1 aliphatic heterocycles. The fourth-order valence-corrected chi connectivity index (χ4v) is 1.28. The van der Waals surface area contributed by atoms with Crippen LogP contribution in [0.15, 0.2) is 0 Å². The topological polar surface area (TPSA) is 6.48 Å². The lowest BCUT2D eigenvalue weighted by Gasteiger charge is -2.22. The predicted octanol–water partition coefficient (Wildman–Crippen LogP) is 0.805. The lowest BCUT2D eigenvalue weighted by atomic mass is 10.2. The molecule has 1 saturated heterocycles. The Morgan fingerprint density at radius 3 is 2.33 bits per heavy atom. The zero-order valence-electron chi connectivity index (χ0n) is 6.59. The smallest absolute Gasteiger partial charge is 0.0159 e. The summed E-state index contributed by atoms with van der Waals surface area (Å²) in [6.07, 6.45) is 1.36. The normalized spacial score (nSPS) is 30.0. The van der Waals surface area contributed by atoms with Crippen LogP contribution in [0.1, 0.15) is 13.3 Å². The second-order valence-corrected chi connectivity index (χ2v) is 3.15. The second-order valence-electron chi connectivity index (χ2n) is 3.15. The third-order valence-corrected chi connectivity index (χ3v) is 1.97. The number of rotatable bonds is 1. The summed E-state index contributed by atoms with van der Waals surface area (Å²) in [7, 11) is 4.22. The van der Waals surface area contributed by atoms with Crippen molar-refractivity contribution in [3.63, 3.8) is 0 Å². The van der Waals surface area contributed by atoms with Crippen LogP contribution in [0.4, 0.5) is 0 Å². The van der Waals surface area contributed by atoms with Crippen LogP contribution in [0.25, 0.3) is 0 Å². The molecular weight excluding hydrogens is 112 g/mol. The minimum absolute atomic E-state index is 0.896. The Labute approximate surface area is 57.4 Å². The maximum absolute atomic E-state index is 2.38. The minimum atomic E-state index is 0.896. The Morgan fingerprint density at radius 1 is 1.44 bits per heavy atom. The summed E-state index contributed by atoms with van der Waals surface area (Å²) < 4.78 is 0. The fraction of sp³-hybridized carbons (Fsp3) is 1.00. The second kappa shape index (κ2) is 2.67. The van der Waals surface area contributed by atoms with Crippen LogP contribution >= 0.6 is 0 Å². The van der Waals surface area contributed by atoms with Crippen LogP contribution in [0, 0.1) is 5.92 Å². The van der Waals surface area contributed by atoms with Gasteiger partial charge in [-0.3, -0.25) is 0 Å². The number of hydrazine groups is 1.